The normalized spacial score (nSPS) is 25.0. The van der Waals surface area contributed by atoms with E-state index in [1.165, 1.54) is 18.2 Å². The molecule has 0 aromatic carbocycles. The quantitative estimate of drug-likeness (QED) is 0.228. The van der Waals surface area contributed by atoms with Crippen molar-refractivity contribution in [1.29, 1.82) is 0 Å². The molecule has 1 saturated heterocycles. The Kier molecular flexibility index (Phi) is 6.86. The molecule has 43 heavy (non-hydrogen) atoms. The number of carboxylic acid groups (broad SMARTS) is 1. The number of hydrogen-bond donors (Lipinski definition) is 5. The Morgan fingerprint density at radius 2 is 1.56 bits per heavy atom. The zero-order valence-corrected chi connectivity index (χ0v) is 25.7. The van der Waals surface area contributed by atoms with Crippen LogP contribution < -0.4 is 16.0 Å². The second-order valence-corrected chi connectivity index (χ2v) is 12.0. The minimum atomic E-state index is -1.14. The molecule has 2 aliphatic heterocycles. The van der Waals surface area contributed by atoms with Gasteiger partial charge in [0.1, 0.15) is 5.92 Å². The summed E-state index contributed by atoms with van der Waals surface area (Å²) < 4.78 is 5.15. The molecule has 224 valence electrons. The van der Waals surface area contributed by atoms with Crippen LogP contribution in [-0.2, 0) is 20.7 Å². The number of ether oxygens (including phenoxy) is 1. The van der Waals surface area contributed by atoms with Gasteiger partial charge in [-0.25, -0.2) is 0 Å². The number of carbonyl (C=O) groups is 3. The number of fused-ring (bicyclic) bond motifs is 7. The first kappa shape index (κ1) is 28.6. The van der Waals surface area contributed by atoms with Gasteiger partial charge in [0.15, 0.2) is 5.78 Å². The lowest BCUT2D eigenvalue weighted by Gasteiger charge is -2.19. The number of aromatic amines is 3. The van der Waals surface area contributed by atoms with Crippen molar-refractivity contribution in [3.63, 3.8) is 0 Å². The maximum Gasteiger partial charge on any atom is 0.321 e. The number of nitrogens with one attached hydrogen (secondary N) is 4. The van der Waals surface area contributed by atoms with Gasteiger partial charge in [-0.05, 0) is 86.6 Å². The van der Waals surface area contributed by atoms with Crippen LogP contribution in [0.1, 0.15) is 87.6 Å². The summed E-state index contributed by atoms with van der Waals surface area (Å²) in [5, 5.41) is 15.1. The third kappa shape index (κ3) is 4.32. The van der Waals surface area contributed by atoms with Gasteiger partial charge >= 0.3 is 11.9 Å². The fourth-order valence-electron chi connectivity index (χ4n) is 7.13. The number of allylic oxidation sites excluding steroid dienone is 2. The third-order valence-corrected chi connectivity index (χ3v) is 9.82. The second-order valence-electron chi connectivity index (χ2n) is 12.0. The predicted molar refractivity (Wildman–Crippen MR) is 164 cm³/mol. The van der Waals surface area contributed by atoms with Gasteiger partial charge in [0.05, 0.1) is 12.8 Å². The molecule has 3 aliphatic rings. The van der Waals surface area contributed by atoms with Crippen molar-refractivity contribution in [2.75, 3.05) is 7.11 Å². The van der Waals surface area contributed by atoms with E-state index in [0.29, 0.717) is 28.9 Å². The van der Waals surface area contributed by atoms with Crippen molar-refractivity contribution in [2.45, 2.75) is 60.8 Å². The number of hydrogen-bond acceptors (Lipinski definition) is 5. The van der Waals surface area contributed by atoms with Gasteiger partial charge in [0, 0.05) is 68.6 Å². The Bertz CT molecular complexity index is 1910. The number of methoxy groups -OCH3 is 1. The molecule has 0 amide bonds. The highest BCUT2D eigenvalue weighted by Gasteiger charge is 2.48. The zero-order chi connectivity index (χ0) is 30.9. The summed E-state index contributed by atoms with van der Waals surface area (Å²) in [6.45, 7) is 12.4. The van der Waals surface area contributed by atoms with E-state index >= 15 is 0 Å². The van der Waals surface area contributed by atoms with Crippen LogP contribution in [0.25, 0.3) is 23.8 Å². The van der Waals surface area contributed by atoms with Crippen molar-refractivity contribution < 1.29 is 24.2 Å². The average molecular weight is 583 g/mol. The van der Waals surface area contributed by atoms with E-state index in [4.69, 9.17) is 4.74 Å². The molecule has 9 heteroatoms. The molecule has 0 saturated carbocycles. The van der Waals surface area contributed by atoms with Crippen molar-refractivity contribution in [1.82, 2.24) is 20.3 Å². The van der Waals surface area contributed by atoms with Crippen LogP contribution in [0.3, 0.4) is 0 Å². The lowest BCUT2D eigenvalue weighted by atomic mass is 9.85. The van der Waals surface area contributed by atoms with Crippen molar-refractivity contribution in [3.8, 4) is 0 Å². The first-order valence-corrected chi connectivity index (χ1v) is 14.9. The van der Waals surface area contributed by atoms with Crippen LogP contribution in [0, 0.1) is 45.4 Å². The van der Waals surface area contributed by atoms with Crippen LogP contribution in [0.15, 0.2) is 11.4 Å². The first-order valence-electron chi connectivity index (χ1n) is 14.9. The number of Topliss-reactive ketones (excluding diaryl/α,β-unsaturated/α-hetero) is 1. The molecule has 3 atom stereocenters. The highest BCUT2D eigenvalue weighted by atomic mass is 16.5. The Balaban J connectivity index is 1.72. The molecule has 1 fully saturated rings. The van der Waals surface area contributed by atoms with Gasteiger partial charge in [-0.15, -0.1) is 0 Å². The number of carboxylic acids is 1. The summed E-state index contributed by atoms with van der Waals surface area (Å²) in [6.07, 6.45) is 7.40. The minimum Gasteiger partial charge on any atom is -0.481 e. The number of rotatable bonds is 5. The number of carbonyl (C=O) groups excluding carboxylic acids is 2. The Labute approximate surface area is 249 Å². The molecule has 3 aromatic rings. The summed E-state index contributed by atoms with van der Waals surface area (Å²) in [5.74, 6) is -3.31. The molecule has 1 aliphatic carbocycles. The number of aliphatic carboxylic acids is 1. The summed E-state index contributed by atoms with van der Waals surface area (Å²) in [7, 11) is 1.29. The number of H-pyrrole nitrogens is 3. The molecule has 5 N–H and O–H groups in total. The van der Waals surface area contributed by atoms with E-state index in [0.717, 1.165) is 56.6 Å². The first-order chi connectivity index (χ1) is 20.5. The Morgan fingerprint density at radius 1 is 0.907 bits per heavy atom. The zero-order valence-electron chi connectivity index (χ0n) is 25.7. The fraction of sp³-hybridized carbons (Fsp3) is 0.382. The summed E-state index contributed by atoms with van der Waals surface area (Å²) in [4.78, 5) is 49.6. The number of aromatic nitrogens is 3. The second kappa shape index (κ2) is 10.3. The maximum absolute atomic E-state index is 14.0. The molecule has 9 nitrogen and oxygen atoms in total. The van der Waals surface area contributed by atoms with Crippen LogP contribution in [-0.4, -0.2) is 44.9 Å². The molecule has 3 aromatic heterocycles. The van der Waals surface area contributed by atoms with Gasteiger partial charge in [-0.1, -0.05) is 13.8 Å². The maximum atomic E-state index is 14.0. The minimum absolute atomic E-state index is 0.0406. The Hall–Kier alpha value is -4.53. The van der Waals surface area contributed by atoms with E-state index in [2.05, 4.69) is 67.0 Å². The highest BCUT2D eigenvalue weighted by molar-refractivity contribution is 6.24. The third-order valence-electron chi connectivity index (χ3n) is 9.82. The monoisotopic (exact) mass is 582 g/mol. The molecule has 8 bridgehead atoms. The molecular formula is C34H38N4O5. The largest absolute Gasteiger partial charge is 0.481 e. The van der Waals surface area contributed by atoms with Crippen LogP contribution in [0.5, 0.6) is 0 Å². The summed E-state index contributed by atoms with van der Waals surface area (Å²) in [5.41, 5.74) is 11.3. The molecule has 6 rings (SSSR count). The molecular weight excluding hydrogens is 544 g/mol. The molecule has 0 spiro atoms. The lowest BCUT2D eigenvalue weighted by molar-refractivity contribution is -0.142. The van der Waals surface area contributed by atoms with Crippen molar-refractivity contribution in [2.24, 2.45) is 17.8 Å². The van der Waals surface area contributed by atoms with Crippen LogP contribution in [0.2, 0.25) is 0 Å². The van der Waals surface area contributed by atoms with E-state index in [9.17, 15) is 19.5 Å². The van der Waals surface area contributed by atoms with E-state index in [1.807, 2.05) is 13.0 Å². The standard InChI is InChI=1S/C34H38N4O5/c1-8-19-16(4)23-11-21-14(2)15(3)22(35-21)12-24-17(5)20(9-10-27(39)40)31(37-24)29-30(34(42)43-7)33(41)28-18(6)25(38-32(28)29)13-26(19)36-23/h11-13,17,20,30,35-38H,8-10H2,1-7H3,(H,39,40)/b23-11-,24-12-,26-13-,31-29-/t17-,20-,30+/m0/s1. The van der Waals surface area contributed by atoms with Gasteiger partial charge in [-0.2, -0.15) is 0 Å². The van der Waals surface area contributed by atoms with Crippen molar-refractivity contribution in [3.05, 3.63) is 78.2 Å². The molecule has 0 radical (unpaired) electrons. The van der Waals surface area contributed by atoms with Gasteiger partial charge in [0.2, 0.25) is 0 Å². The Morgan fingerprint density at radius 3 is 2.21 bits per heavy atom. The number of esters is 1. The van der Waals surface area contributed by atoms with Gasteiger partial charge in [0.25, 0.3) is 0 Å². The SMILES string of the molecule is CCc1c(C)/c2[nH]/c1=C\c1[nH]c3c(c1C)C(=O)[C@H](C(=O)OC)/C3=C1/N/C(=C\c3[nH]c(c(C)c3C)\C=2)[C@@H](C)[C@@H]1CCC(=O)O. The van der Waals surface area contributed by atoms with Crippen LogP contribution in [0.4, 0.5) is 0 Å². The molecule has 5 heterocycles. The predicted octanol–water partition coefficient (Wildman–Crippen LogP) is 3.90. The van der Waals surface area contributed by atoms with E-state index in [1.54, 1.807) is 0 Å². The lowest BCUT2D eigenvalue weighted by Crippen LogP contribution is -2.25. The van der Waals surface area contributed by atoms with Gasteiger partial charge in [-0.3, -0.25) is 14.4 Å². The average Bonchev–Trinajstić information content (AvgIpc) is 3.70. The smallest absolute Gasteiger partial charge is 0.321 e. The van der Waals surface area contributed by atoms with Crippen LogP contribution >= 0.6 is 0 Å². The van der Waals surface area contributed by atoms with Crippen molar-refractivity contribution >= 4 is 41.5 Å². The number of ketones is 1. The van der Waals surface area contributed by atoms with E-state index < -0.39 is 17.9 Å². The fourth-order valence-corrected chi connectivity index (χ4v) is 7.13. The summed E-state index contributed by atoms with van der Waals surface area (Å²) in [6, 6.07) is 0. The topological polar surface area (TPSA) is 140 Å². The molecule has 0 unspecified atom stereocenters. The highest BCUT2D eigenvalue weighted by Crippen LogP contribution is 2.48. The van der Waals surface area contributed by atoms with Gasteiger partial charge < -0.3 is 30.1 Å². The van der Waals surface area contributed by atoms with E-state index in [-0.39, 0.29) is 24.0 Å². The summed E-state index contributed by atoms with van der Waals surface area (Å²) >= 11 is 0.